The molecule has 4 heteroatoms. The van der Waals surface area contributed by atoms with Gasteiger partial charge in [-0.2, -0.15) is 0 Å². The van der Waals surface area contributed by atoms with Crippen molar-refractivity contribution in [1.82, 2.24) is 10.9 Å². The van der Waals surface area contributed by atoms with Crippen LogP contribution >= 0.6 is 0 Å². The van der Waals surface area contributed by atoms with E-state index in [2.05, 4.69) is 10.9 Å². The summed E-state index contributed by atoms with van der Waals surface area (Å²) < 4.78 is 0. The van der Waals surface area contributed by atoms with Crippen LogP contribution in [0.3, 0.4) is 0 Å². The molecule has 1 atom stereocenters. The molecule has 4 N–H and O–H groups in total. The van der Waals surface area contributed by atoms with Crippen molar-refractivity contribution < 1.29 is 4.79 Å². The fourth-order valence-corrected chi connectivity index (χ4v) is 1.40. The Morgan fingerprint density at radius 3 is 2.67 bits per heavy atom. The molecule has 0 aliphatic rings. The molecule has 0 aliphatic carbocycles. The van der Waals surface area contributed by atoms with Gasteiger partial charge in [0.05, 0.1) is 6.54 Å². The number of rotatable bonds is 7. The maximum Gasteiger partial charge on any atom is 0.135 e. The minimum absolute atomic E-state index is 0.149. The number of nitrogens with one attached hydrogen (secondary N) is 2. The predicted molar refractivity (Wildman–Crippen MR) is 60.1 cm³/mol. The van der Waals surface area contributed by atoms with Gasteiger partial charge in [0.2, 0.25) is 0 Å². The topological polar surface area (TPSA) is 67.2 Å². The van der Waals surface area contributed by atoms with E-state index in [0.29, 0.717) is 13.1 Å². The molecule has 0 aliphatic heterocycles. The van der Waals surface area contributed by atoms with Gasteiger partial charge in [-0.25, -0.2) is 5.43 Å². The highest BCUT2D eigenvalue weighted by Gasteiger charge is 2.08. The highest BCUT2D eigenvalue weighted by Crippen LogP contribution is 2.14. The summed E-state index contributed by atoms with van der Waals surface area (Å²) >= 11 is 0. The fraction of sp³-hybridized carbons (Fsp3) is 0.364. The number of benzene rings is 1. The second-order valence-electron chi connectivity index (χ2n) is 3.23. The summed E-state index contributed by atoms with van der Waals surface area (Å²) in [6.07, 6.45) is 1.65. The molecule has 0 saturated carbocycles. The monoisotopic (exact) mass is 207 g/mol. The van der Waals surface area contributed by atoms with E-state index in [0.717, 1.165) is 12.7 Å². The lowest BCUT2D eigenvalue weighted by atomic mass is 10.0. The Balaban J connectivity index is 2.53. The van der Waals surface area contributed by atoms with Crippen LogP contribution in [0.1, 0.15) is 18.0 Å². The lowest BCUT2D eigenvalue weighted by Gasteiger charge is -2.18. The zero-order valence-electron chi connectivity index (χ0n) is 8.65. The van der Waals surface area contributed by atoms with Gasteiger partial charge in [0.25, 0.3) is 0 Å². The molecule has 82 valence electrons. The first-order valence-electron chi connectivity index (χ1n) is 5.05. The molecule has 0 aromatic heterocycles. The molecule has 15 heavy (non-hydrogen) atoms. The third-order valence-electron chi connectivity index (χ3n) is 2.12. The standard InChI is InChI=1S/C11H17N3O/c12-7-6-11(14-13-8-9-15)10-4-2-1-3-5-10/h1-5,9,11,13-14H,6-8,12H2/t11-/m0/s1. The van der Waals surface area contributed by atoms with Gasteiger partial charge in [-0.1, -0.05) is 30.3 Å². The normalized spacial score (nSPS) is 12.3. The van der Waals surface area contributed by atoms with Gasteiger partial charge < -0.3 is 10.5 Å². The van der Waals surface area contributed by atoms with Crippen molar-refractivity contribution in [3.63, 3.8) is 0 Å². The van der Waals surface area contributed by atoms with Crippen LogP contribution in [0.5, 0.6) is 0 Å². The molecule has 0 bridgehead atoms. The van der Waals surface area contributed by atoms with Crippen molar-refractivity contribution >= 4 is 6.29 Å². The first-order chi connectivity index (χ1) is 7.38. The summed E-state index contributed by atoms with van der Waals surface area (Å²) in [7, 11) is 0. The van der Waals surface area contributed by atoms with E-state index < -0.39 is 0 Å². The Labute approximate surface area is 89.8 Å². The Hall–Kier alpha value is -1.23. The van der Waals surface area contributed by atoms with E-state index in [9.17, 15) is 4.79 Å². The van der Waals surface area contributed by atoms with Crippen molar-refractivity contribution in [1.29, 1.82) is 0 Å². The Kier molecular flexibility index (Phi) is 5.62. The first kappa shape index (κ1) is 11.8. The van der Waals surface area contributed by atoms with E-state index >= 15 is 0 Å². The lowest BCUT2D eigenvalue weighted by molar-refractivity contribution is -0.107. The molecule has 0 saturated heterocycles. The third-order valence-corrected chi connectivity index (χ3v) is 2.12. The van der Waals surface area contributed by atoms with Crippen LogP contribution < -0.4 is 16.6 Å². The Morgan fingerprint density at radius 1 is 1.33 bits per heavy atom. The van der Waals surface area contributed by atoms with Gasteiger partial charge in [0.15, 0.2) is 0 Å². The Morgan fingerprint density at radius 2 is 2.07 bits per heavy atom. The smallest absolute Gasteiger partial charge is 0.135 e. The fourth-order valence-electron chi connectivity index (χ4n) is 1.40. The predicted octanol–water partition coefficient (Wildman–Crippen LogP) is 0.370. The molecule has 1 rings (SSSR count). The summed E-state index contributed by atoms with van der Waals surface area (Å²) in [5, 5.41) is 0. The van der Waals surface area contributed by atoms with Gasteiger partial charge in [-0.3, -0.25) is 5.43 Å². The molecular formula is C11H17N3O. The molecule has 4 nitrogen and oxygen atoms in total. The summed E-state index contributed by atoms with van der Waals surface area (Å²) in [5.74, 6) is 0. The number of carbonyl (C=O) groups excluding carboxylic acids is 1. The van der Waals surface area contributed by atoms with E-state index in [1.165, 1.54) is 5.56 Å². The van der Waals surface area contributed by atoms with Crippen molar-refractivity contribution in [2.24, 2.45) is 5.73 Å². The van der Waals surface area contributed by atoms with E-state index in [1.54, 1.807) is 0 Å². The number of hydrogen-bond donors (Lipinski definition) is 3. The summed E-state index contributed by atoms with van der Waals surface area (Å²) in [5.41, 5.74) is 12.6. The second-order valence-corrected chi connectivity index (χ2v) is 3.23. The van der Waals surface area contributed by atoms with Crippen LogP contribution in [-0.2, 0) is 4.79 Å². The molecule has 1 aromatic carbocycles. The first-order valence-corrected chi connectivity index (χ1v) is 5.05. The SMILES string of the molecule is NCC[C@H](NNCC=O)c1ccccc1. The molecule has 0 amide bonds. The van der Waals surface area contributed by atoms with Crippen LogP contribution in [0.25, 0.3) is 0 Å². The molecule has 1 aromatic rings. The highest BCUT2D eigenvalue weighted by atomic mass is 16.1. The van der Waals surface area contributed by atoms with Gasteiger partial charge in [0, 0.05) is 6.04 Å². The molecule has 0 radical (unpaired) electrons. The summed E-state index contributed by atoms with van der Waals surface area (Å²) in [6.45, 7) is 0.906. The zero-order chi connectivity index (χ0) is 10.9. The molecular weight excluding hydrogens is 190 g/mol. The largest absolute Gasteiger partial charge is 0.330 e. The van der Waals surface area contributed by atoms with Crippen LogP contribution in [-0.4, -0.2) is 19.4 Å². The number of hydrogen-bond acceptors (Lipinski definition) is 4. The Bertz CT molecular complexity index is 276. The average Bonchev–Trinajstić information content (AvgIpc) is 2.29. The average molecular weight is 207 g/mol. The number of hydrazine groups is 1. The van der Waals surface area contributed by atoms with E-state index in [1.807, 2.05) is 30.3 Å². The highest BCUT2D eigenvalue weighted by molar-refractivity contribution is 5.51. The van der Waals surface area contributed by atoms with E-state index in [4.69, 9.17) is 5.73 Å². The minimum atomic E-state index is 0.149. The van der Waals surface area contributed by atoms with Gasteiger partial charge in [-0.05, 0) is 18.5 Å². The van der Waals surface area contributed by atoms with Crippen molar-refractivity contribution in [3.05, 3.63) is 35.9 Å². The maximum atomic E-state index is 10.2. The molecule has 0 fully saturated rings. The molecule has 0 spiro atoms. The molecule has 0 heterocycles. The van der Waals surface area contributed by atoms with Crippen LogP contribution in [0.4, 0.5) is 0 Å². The van der Waals surface area contributed by atoms with Crippen LogP contribution in [0.15, 0.2) is 30.3 Å². The van der Waals surface area contributed by atoms with Gasteiger partial charge >= 0.3 is 0 Å². The van der Waals surface area contributed by atoms with Crippen molar-refractivity contribution in [2.75, 3.05) is 13.1 Å². The number of carbonyl (C=O) groups is 1. The summed E-state index contributed by atoms with van der Waals surface area (Å²) in [6, 6.07) is 10.2. The van der Waals surface area contributed by atoms with Gasteiger partial charge in [-0.15, -0.1) is 0 Å². The number of aldehydes is 1. The quantitative estimate of drug-likeness (QED) is 0.343. The van der Waals surface area contributed by atoms with Crippen LogP contribution in [0, 0.1) is 0 Å². The second kappa shape index (κ2) is 7.11. The van der Waals surface area contributed by atoms with Crippen molar-refractivity contribution in [3.8, 4) is 0 Å². The van der Waals surface area contributed by atoms with E-state index in [-0.39, 0.29) is 6.04 Å². The molecule has 0 unspecified atom stereocenters. The third kappa shape index (κ3) is 4.20. The summed E-state index contributed by atoms with van der Waals surface area (Å²) in [4.78, 5) is 10.2. The van der Waals surface area contributed by atoms with Gasteiger partial charge in [0.1, 0.15) is 6.29 Å². The van der Waals surface area contributed by atoms with Crippen molar-refractivity contribution in [2.45, 2.75) is 12.5 Å². The maximum absolute atomic E-state index is 10.2. The number of nitrogens with two attached hydrogens (primary N) is 1. The zero-order valence-corrected chi connectivity index (χ0v) is 8.65. The lowest BCUT2D eigenvalue weighted by Crippen LogP contribution is -2.37. The van der Waals surface area contributed by atoms with Crippen LogP contribution in [0.2, 0.25) is 0 Å². The minimum Gasteiger partial charge on any atom is -0.330 e.